The number of fused-ring (bicyclic) bond motifs is 4. The first-order valence-corrected chi connectivity index (χ1v) is 6.77. The zero-order valence-corrected chi connectivity index (χ0v) is 11.4. The molecule has 0 spiro atoms. The fourth-order valence-corrected chi connectivity index (χ4v) is 2.84. The van der Waals surface area contributed by atoms with E-state index in [4.69, 9.17) is 4.74 Å². The Balaban J connectivity index is 2.15. The van der Waals surface area contributed by atoms with Crippen LogP contribution in [0.5, 0.6) is 5.75 Å². The van der Waals surface area contributed by atoms with Crippen LogP contribution in [-0.2, 0) is 4.74 Å². The Labute approximate surface area is 125 Å². The van der Waals surface area contributed by atoms with Gasteiger partial charge in [0, 0.05) is 5.56 Å². The number of carbonyl (C=O) groups is 2. The Hall–Kier alpha value is -3.14. The van der Waals surface area contributed by atoms with Gasteiger partial charge in [-0.3, -0.25) is 0 Å². The number of hydrogen-bond donors (Lipinski definition) is 1. The van der Waals surface area contributed by atoms with Gasteiger partial charge in [-0.1, -0.05) is 36.4 Å². The molecule has 3 aromatic carbocycles. The van der Waals surface area contributed by atoms with E-state index in [0.717, 1.165) is 10.8 Å². The highest BCUT2D eigenvalue weighted by molar-refractivity contribution is 6.22. The summed E-state index contributed by atoms with van der Waals surface area (Å²) in [6, 6.07) is 15.5. The number of benzene rings is 3. The third-order valence-electron chi connectivity index (χ3n) is 3.81. The van der Waals surface area contributed by atoms with Crippen LogP contribution < -0.4 is 0 Å². The van der Waals surface area contributed by atoms with E-state index >= 15 is 0 Å². The molecule has 0 amide bonds. The molecule has 4 heteroatoms. The van der Waals surface area contributed by atoms with Crippen molar-refractivity contribution in [2.24, 2.45) is 0 Å². The van der Waals surface area contributed by atoms with E-state index in [9.17, 15) is 14.7 Å². The van der Waals surface area contributed by atoms with Crippen LogP contribution in [0.2, 0.25) is 0 Å². The van der Waals surface area contributed by atoms with Crippen LogP contribution in [0.15, 0.2) is 54.6 Å². The van der Waals surface area contributed by atoms with Crippen LogP contribution in [0.25, 0.3) is 21.9 Å². The molecule has 4 nitrogen and oxygen atoms in total. The fraction of sp³-hybridized carbons (Fsp3) is 0. The number of cyclic esters (lactones) is 2. The molecule has 1 N–H and O–H groups in total. The third kappa shape index (κ3) is 1.71. The SMILES string of the molecule is O=C1OC(=O)c2c(-c3ccc(O)cc3)c1cc1ccccc21. The van der Waals surface area contributed by atoms with Crippen molar-refractivity contribution < 1.29 is 19.4 Å². The smallest absolute Gasteiger partial charge is 0.347 e. The van der Waals surface area contributed by atoms with Crippen LogP contribution in [0.3, 0.4) is 0 Å². The summed E-state index contributed by atoms with van der Waals surface area (Å²) in [5.41, 5.74) is 2.00. The number of esters is 2. The van der Waals surface area contributed by atoms with E-state index in [1.54, 1.807) is 18.2 Å². The van der Waals surface area contributed by atoms with Crippen LogP contribution in [0.1, 0.15) is 20.7 Å². The first-order valence-electron chi connectivity index (χ1n) is 6.77. The third-order valence-corrected chi connectivity index (χ3v) is 3.81. The van der Waals surface area contributed by atoms with Crippen molar-refractivity contribution in [1.82, 2.24) is 0 Å². The van der Waals surface area contributed by atoms with Crippen LogP contribution in [0.4, 0.5) is 0 Å². The van der Waals surface area contributed by atoms with Crippen molar-refractivity contribution in [2.45, 2.75) is 0 Å². The van der Waals surface area contributed by atoms with E-state index < -0.39 is 11.9 Å². The summed E-state index contributed by atoms with van der Waals surface area (Å²) in [6.45, 7) is 0. The Morgan fingerprint density at radius 1 is 0.818 bits per heavy atom. The van der Waals surface area contributed by atoms with Crippen LogP contribution >= 0.6 is 0 Å². The van der Waals surface area contributed by atoms with Crippen molar-refractivity contribution >= 4 is 22.7 Å². The summed E-state index contributed by atoms with van der Waals surface area (Å²) in [4.78, 5) is 24.3. The van der Waals surface area contributed by atoms with Crippen molar-refractivity contribution in [1.29, 1.82) is 0 Å². The first kappa shape index (κ1) is 12.6. The van der Waals surface area contributed by atoms with E-state index in [1.807, 2.05) is 24.3 Å². The van der Waals surface area contributed by atoms with Crippen LogP contribution in [-0.4, -0.2) is 17.0 Å². The number of phenols is 1. The Kier molecular flexibility index (Phi) is 2.53. The lowest BCUT2D eigenvalue weighted by Crippen LogP contribution is -2.22. The minimum atomic E-state index is -0.647. The minimum absolute atomic E-state index is 0.124. The van der Waals surface area contributed by atoms with Gasteiger partial charge in [-0.2, -0.15) is 0 Å². The summed E-state index contributed by atoms with van der Waals surface area (Å²) < 4.78 is 4.83. The number of phenolic OH excluding ortho intramolecular Hbond substituents is 1. The molecule has 0 radical (unpaired) electrons. The van der Waals surface area contributed by atoms with E-state index in [2.05, 4.69) is 0 Å². The summed E-state index contributed by atoms with van der Waals surface area (Å²) in [6.07, 6.45) is 0. The lowest BCUT2D eigenvalue weighted by molar-refractivity contribution is 0.0389. The zero-order chi connectivity index (χ0) is 15.3. The Morgan fingerprint density at radius 2 is 1.55 bits per heavy atom. The lowest BCUT2D eigenvalue weighted by atomic mass is 9.88. The number of aromatic hydroxyl groups is 1. The van der Waals surface area contributed by atoms with Gasteiger partial charge in [0.25, 0.3) is 0 Å². The van der Waals surface area contributed by atoms with Gasteiger partial charge in [0.15, 0.2) is 0 Å². The van der Waals surface area contributed by atoms with Crippen molar-refractivity contribution in [3.05, 3.63) is 65.7 Å². The van der Waals surface area contributed by atoms with Crippen molar-refractivity contribution in [3.8, 4) is 16.9 Å². The number of ether oxygens (including phenoxy) is 1. The second-order valence-corrected chi connectivity index (χ2v) is 5.12. The molecule has 1 aliphatic rings. The highest BCUT2D eigenvalue weighted by atomic mass is 16.6. The maximum absolute atomic E-state index is 12.3. The molecule has 1 aliphatic heterocycles. The van der Waals surface area contributed by atoms with Crippen molar-refractivity contribution in [2.75, 3.05) is 0 Å². The molecule has 106 valence electrons. The second kappa shape index (κ2) is 4.43. The normalized spacial score (nSPS) is 13.3. The molecule has 0 fully saturated rings. The molecule has 0 saturated heterocycles. The lowest BCUT2D eigenvalue weighted by Gasteiger charge is -2.20. The second-order valence-electron chi connectivity index (χ2n) is 5.12. The fourth-order valence-electron chi connectivity index (χ4n) is 2.84. The van der Waals surface area contributed by atoms with Crippen LogP contribution in [0, 0.1) is 0 Å². The molecule has 22 heavy (non-hydrogen) atoms. The summed E-state index contributed by atoms with van der Waals surface area (Å²) in [5, 5.41) is 11.0. The van der Waals surface area contributed by atoms with Gasteiger partial charge in [-0.25, -0.2) is 9.59 Å². The van der Waals surface area contributed by atoms with Gasteiger partial charge in [0.2, 0.25) is 0 Å². The van der Waals surface area contributed by atoms with Gasteiger partial charge in [-0.05, 0) is 34.5 Å². The molecule has 0 atom stereocenters. The topological polar surface area (TPSA) is 63.6 Å². The van der Waals surface area contributed by atoms with Gasteiger partial charge >= 0.3 is 11.9 Å². The standard InChI is InChI=1S/C18H10O4/c19-12-7-5-10(6-8-12)15-14-9-11-3-1-2-4-13(11)16(15)18(21)22-17(14)20/h1-9,19H. The molecule has 0 aliphatic carbocycles. The monoisotopic (exact) mass is 290 g/mol. The maximum Gasteiger partial charge on any atom is 0.347 e. The summed E-state index contributed by atoms with van der Waals surface area (Å²) in [5.74, 6) is -1.16. The zero-order valence-electron chi connectivity index (χ0n) is 11.4. The largest absolute Gasteiger partial charge is 0.508 e. The molecule has 0 unspecified atom stereocenters. The Morgan fingerprint density at radius 3 is 2.32 bits per heavy atom. The quantitative estimate of drug-likeness (QED) is 0.550. The highest BCUT2D eigenvalue weighted by Crippen LogP contribution is 2.38. The van der Waals surface area contributed by atoms with Gasteiger partial charge in [-0.15, -0.1) is 0 Å². The van der Waals surface area contributed by atoms with Gasteiger partial charge in [0.05, 0.1) is 11.1 Å². The average Bonchev–Trinajstić information content (AvgIpc) is 2.52. The molecule has 0 aromatic heterocycles. The van der Waals surface area contributed by atoms with E-state index in [1.165, 1.54) is 12.1 Å². The van der Waals surface area contributed by atoms with Gasteiger partial charge < -0.3 is 9.84 Å². The number of hydrogen-bond acceptors (Lipinski definition) is 4. The minimum Gasteiger partial charge on any atom is -0.508 e. The molecule has 3 aromatic rings. The summed E-state index contributed by atoms with van der Waals surface area (Å²) in [7, 11) is 0. The molecule has 0 saturated carbocycles. The molecular weight excluding hydrogens is 280 g/mol. The Bertz CT molecular complexity index is 939. The number of carbonyl (C=O) groups excluding carboxylic acids is 2. The molecular formula is C18H10O4. The van der Waals surface area contributed by atoms with Crippen molar-refractivity contribution in [3.63, 3.8) is 0 Å². The number of rotatable bonds is 1. The predicted octanol–water partition coefficient (Wildman–Crippen LogP) is 3.52. The van der Waals surface area contributed by atoms with E-state index in [0.29, 0.717) is 22.3 Å². The van der Waals surface area contributed by atoms with E-state index in [-0.39, 0.29) is 5.75 Å². The first-order chi connectivity index (χ1) is 10.6. The molecule has 4 rings (SSSR count). The summed E-state index contributed by atoms with van der Waals surface area (Å²) >= 11 is 0. The molecule has 2 bridgehead atoms. The average molecular weight is 290 g/mol. The molecule has 1 heterocycles. The van der Waals surface area contributed by atoms with Gasteiger partial charge in [0.1, 0.15) is 5.75 Å². The maximum atomic E-state index is 12.3. The highest BCUT2D eigenvalue weighted by Gasteiger charge is 2.32. The predicted molar refractivity (Wildman–Crippen MR) is 80.8 cm³/mol.